The number of aromatic nitrogens is 1. The Morgan fingerprint density at radius 3 is 2.29 bits per heavy atom. The minimum Gasteiger partial charge on any atom is -0.490 e. The number of hydrogen-bond donors (Lipinski definition) is 1. The summed E-state index contributed by atoms with van der Waals surface area (Å²) in [6.45, 7) is 4.73. The van der Waals surface area contributed by atoms with Gasteiger partial charge >= 0.3 is 0 Å². The monoisotopic (exact) mass is 468 g/mol. The number of para-hydroxylation sites is 1. The zero-order valence-corrected chi connectivity index (χ0v) is 19.9. The largest absolute Gasteiger partial charge is 0.490 e. The molecule has 0 aliphatic rings. The molecule has 178 valence electrons. The van der Waals surface area contributed by atoms with E-state index in [-0.39, 0.29) is 24.5 Å². The predicted molar refractivity (Wildman–Crippen MR) is 138 cm³/mol. The average Bonchev–Trinajstić information content (AvgIpc) is 2.88. The standard InChI is InChI=1S/C29H28N2O4/c1-3-34-26-16-14-21(18-27(26)35-4-2)25(32)15-17-29(33)31-28-19-23(20-10-6-5-7-11-20)22-12-8-9-13-24(22)30-28/h5-14,16,18-19H,3-4,15,17H2,1-2H3,(H,30,31,33). The molecular weight excluding hydrogens is 440 g/mol. The normalized spacial score (nSPS) is 10.7. The first-order valence-corrected chi connectivity index (χ1v) is 11.8. The van der Waals surface area contributed by atoms with Gasteiger partial charge in [-0.25, -0.2) is 4.98 Å². The number of carbonyl (C=O) groups excluding carboxylic acids is 2. The topological polar surface area (TPSA) is 77.5 Å². The maximum Gasteiger partial charge on any atom is 0.225 e. The predicted octanol–water partition coefficient (Wildman–Crippen LogP) is 6.30. The van der Waals surface area contributed by atoms with Crippen LogP contribution in [0.25, 0.3) is 22.0 Å². The third-order valence-electron chi connectivity index (χ3n) is 5.51. The molecule has 0 spiro atoms. The molecule has 6 heteroatoms. The molecule has 0 saturated heterocycles. The van der Waals surface area contributed by atoms with Crippen molar-refractivity contribution in [1.29, 1.82) is 0 Å². The van der Waals surface area contributed by atoms with Crippen molar-refractivity contribution in [1.82, 2.24) is 4.98 Å². The van der Waals surface area contributed by atoms with Crippen LogP contribution in [0.15, 0.2) is 78.9 Å². The Kier molecular flexibility index (Phi) is 7.73. The third-order valence-corrected chi connectivity index (χ3v) is 5.51. The van der Waals surface area contributed by atoms with Crippen LogP contribution in [0.4, 0.5) is 5.82 Å². The Morgan fingerprint density at radius 2 is 1.51 bits per heavy atom. The summed E-state index contributed by atoms with van der Waals surface area (Å²) in [6.07, 6.45) is 0.121. The van der Waals surface area contributed by atoms with E-state index in [1.54, 1.807) is 18.2 Å². The van der Waals surface area contributed by atoms with Gasteiger partial charge in [-0.2, -0.15) is 0 Å². The van der Waals surface area contributed by atoms with Crippen molar-refractivity contribution >= 4 is 28.4 Å². The number of nitrogens with one attached hydrogen (secondary N) is 1. The van der Waals surface area contributed by atoms with Crippen LogP contribution >= 0.6 is 0 Å². The van der Waals surface area contributed by atoms with Crippen molar-refractivity contribution in [2.75, 3.05) is 18.5 Å². The molecule has 0 radical (unpaired) electrons. The van der Waals surface area contributed by atoms with E-state index in [4.69, 9.17) is 9.47 Å². The highest BCUT2D eigenvalue weighted by atomic mass is 16.5. The number of pyridine rings is 1. The van der Waals surface area contributed by atoms with Gasteiger partial charge in [-0.15, -0.1) is 0 Å². The molecular formula is C29H28N2O4. The van der Waals surface area contributed by atoms with Crippen LogP contribution in [0.5, 0.6) is 11.5 Å². The number of ketones is 1. The number of carbonyl (C=O) groups is 2. The van der Waals surface area contributed by atoms with Crippen molar-refractivity contribution in [3.63, 3.8) is 0 Å². The van der Waals surface area contributed by atoms with E-state index >= 15 is 0 Å². The average molecular weight is 469 g/mol. The molecule has 0 unspecified atom stereocenters. The summed E-state index contributed by atoms with van der Waals surface area (Å²) in [7, 11) is 0. The Balaban J connectivity index is 1.47. The number of ether oxygens (including phenoxy) is 2. The van der Waals surface area contributed by atoms with Gasteiger partial charge in [-0.05, 0) is 55.3 Å². The maximum atomic E-state index is 12.7. The maximum absolute atomic E-state index is 12.7. The van der Waals surface area contributed by atoms with Crippen LogP contribution in [0.3, 0.4) is 0 Å². The van der Waals surface area contributed by atoms with Gasteiger partial charge in [0.1, 0.15) is 5.82 Å². The lowest BCUT2D eigenvalue weighted by Gasteiger charge is -2.12. The number of anilines is 1. The summed E-state index contributed by atoms with van der Waals surface area (Å²) < 4.78 is 11.2. The second-order valence-corrected chi connectivity index (χ2v) is 7.94. The molecule has 0 fully saturated rings. The molecule has 35 heavy (non-hydrogen) atoms. The summed E-state index contributed by atoms with van der Waals surface area (Å²) >= 11 is 0. The molecule has 3 aromatic carbocycles. The molecule has 1 N–H and O–H groups in total. The van der Waals surface area contributed by atoms with E-state index in [2.05, 4.69) is 10.3 Å². The molecule has 4 aromatic rings. The number of benzene rings is 3. The fourth-order valence-corrected chi connectivity index (χ4v) is 3.90. The second-order valence-electron chi connectivity index (χ2n) is 7.94. The Morgan fingerprint density at radius 1 is 0.800 bits per heavy atom. The highest BCUT2D eigenvalue weighted by Gasteiger charge is 2.15. The molecule has 4 rings (SSSR count). The number of amides is 1. The van der Waals surface area contributed by atoms with Crippen molar-refractivity contribution in [2.24, 2.45) is 0 Å². The van der Waals surface area contributed by atoms with Gasteiger partial charge in [0.25, 0.3) is 0 Å². The Bertz CT molecular complexity index is 1340. The summed E-state index contributed by atoms with van der Waals surface area (Å²) in [5, 5.41) is 3.87. The molecule has 0 atom stereocenters. The first-order chi connectivity index (χ1) is 17.1. The van der Waals surface area contributed by atoms with Gasteiger partial charge in [0.2, 0.25) is 5.91 Å². The zero-order chi connectivity index (χ0) is 24.6. The van der Waals surface area contributed by atoms with E-state index in [0.717, 1.165) is 22.0 Å². The second kappa shape index (κ2) is 11.3. The number of hydrogen-bond acceptors (Lipinski definition) is 5. The van der Waals surface area contributed by atoms with Gasteiger partial charge in [-0.3, -0.25) is 9.59 Å². The number of Topliss-reactive ketones (excluding diaryl/α,β-unsaturated/α-hetero) is 1. The molecule has 0 bridgehead atoms. The molecule has 0 aliphatic heterocycles. The van der Waals surface area contributed by atoms with Crippen LogP contribution < -0.4 is 14.8 Å². The minimum atomic E-state index is -0.267. The zero-order valence-electron chi connectivity index (χ0n) is 19.9. The van der Waals surface area contributed by atoms with Crippen LogP contribution in [0.2, 0.25) is 0 Å². The van der Waals surface area contributed by atoms with Crippen molar-refractivity contribution < 1.29 is 19.1 Å². The van der Waals surface area contributed by atoms with Crippen molar-refractivity contribution in [3.05, 3.63) is 84.4 Å². The van der Waals surface area contributed by atoms with Crippen LogP contribution in [-0.2, 0) is 4.79 Å². The first-order valence-electron chi connectivity index (χ1n) is 11.8. The summed E-state index contributed by atoms with van der Waals surface area (Å²) in [6, 6.07) is 24.8. The van der Waals surface area contributed by atoms with Gasteiger partial charge in [0.05, 0.1) is 18.7 Å². The van der Waals surface area contributed by atoms with Gasteiger partial charge in [0, 0.05) is 23.8 Å². The fraction of sp³-hybridized carbons (Fsp3) is 0.207. The molecule has 1 amide bonds. The SMILES string of the molecule is CCOc1ccc(C(=O)CCC(=O)Nc2cc(-c3ccccc3)c3ccccc3n2)cc1OCC. The molecule has 1 aromatic heterocycles. The van der Waals surface area contributed by atoms with Gasteiger partial charge in [0.15, 0.2) is 17.3 Å². The molecule has 0 aliphatic carbocycles. The van der Waals surface area contributed by atoms with Crippen LogP contribution in [-0.4, -0.2) is 29.9 Å². The van der Waals surface area contributed by atoms with Crippen LogP contribution in [0, 0.1) is 0 Å². The molecule has 6 nitrogen and oxygen atoms in total. The highest BCUT2D eigenvalue weighted by Crippen LogP contribution is 2.31. The van der Waals surface area contributed by atoms with Gasteiger partial charge in [-0.1, -0.05) is 48.5 Å². The summed E-state index contributed by atoms with van der Waals surface area (Å²) in [5.41, 5.74) is 3.30. The van der Waals surface area contributed by atoms with E-state index < -0.39 is 0 Å². The van der Waals surface area contributed by atoms with E-state index in [1.807, 2.05) is 74.5 Å². The first kappa shape index (κ1) is 24.0. The molecule has 0 saturated carbocycles. The number of nitrogens with zero attached hydrogens (tertiary/aromatic N) is 1. The van der Waals surface area contributed by atoms with Gasteiger partial charge < -0.3 is 14.8 Å². The summed E-state index contributed by atoms with van der Waals surface area (Å²) in [4.78, 5) is 30.0. The molecule has 1 heterocycles. The highest BCUT2D eigenvalue weighted by molar-refractivity contribution is 6.01. The Labute approximate surface area is 204 Å². The third kappa shape index (κ3) is 5.84. The van der Waals surface area contributed by atoms with Crippen molar-refractivity contribution in [2.45, 2.75) is 26.7 Å². The van der Waals surface area contributed by atoms with Crippen molar-refractivity contribution in [3.8, 4) is 22.6 Å². The van der Waals surface area contributed by atoms with E-state index in [9.17, 15) is 9.59 Å². The number of rotatable bonds is 10. The van der Waals surface area contributed by atoms with E-state index in [1.165, 1.54) is 0 Å². The van der Waals surface area contributed by atoms with Crippen LogP contribution in [0.1, 0.15) is 37.0 Å². The van der Waals surface area contributed by atoms with E-state index in [0.29, 0.717) is 36.1 Å². The quantitative estimate of drug-likeness (QED) is 0.276. The Hall–Kier alpha value is -4.19. The fourth-order valence-electron chi connectivity index (χ4n) is 3.90. The number of fused-ring (bicyclic) bond motifs is 1. The lowest BCUT2D eigenvalue weighted by atomic mass is 10.0. The minimum absolute atomic E-state index is 0.0468. The lowest BCUT2D eigenvalue weighted by Crippen LogP contribution is -2.14. The summed E-state index contributed by atoms with van der Waals surface area (Å²) in [5.74, 6) is 1.18. The lowest BCUT2D eigenvalue weighted by molar-refractivity contribution is -0.116. The smallest absolute Gasteiger partial charge is 0.225 e.